The van der Waals surface area contributed by atoms with Crippen LogP contribution in [0.15, 0.2) is 30.3 Å². The minimum absolute atomic E-state index is 0.0592. The standard InChI is InChI=1S/C13H10ClF3N2O2/c1-8-6-11(14)19-12(18-8)7-20-9-4-2-3-5-10(9)21-13(15,16)17/h2-6H,7H2,1H3. The molecule has 0 saturated heterocycles. The highest BCUT2D eigenvalue weighted by atomic mass is 35.5. The highest BCUT2D eigenvalue weighted by Crippen LogP contribution is 2.32. The van der Waals surface area contributed by atoms with Crippen molar-refractivity contribution in [3.63, 3.8) is 0 Å². The Hall–Kier alpha value is -2.02. The Labute approximate surface area is 123 Å². The first kappa shape index (κ1) is 15.4. The first-order valence-corrected chi connectivity index (χ1v) is 6.19. The van der Waals surface area contributed by atoms with Crippen LogP contribution < -0.4 is 9.47 Å². The minimum Gasteiger partial charge on any atom is -0.482 e. The van der Waals surface area contributed by atoms with Crippen LogP contribution in [-0.2, 0) is 6.61 Å². The summed E-state index contributed by atoms with van der Waals surface area (Å²) in [6.07, 6.45) is -4.79. The van der Waals surface area contributed by atoms with Crippen LogP contribution in [0.5, 0.6) is 11.5 Å². The second-order valence-corrected chi connectivity index (χ2v) is 4.42. The molecule has 21 heavy (non-hydrogen) atoms. The summed E-state index contributed by atoms with van der Waals surface area (Å²) in [7, 11) is 0. The van der Waals surface area contributed by atoms with Gasteiger partial charge in [0.25, 0.3) is 0 Å². The number of para-hydroxylation sites is 2. The van der Waals surface area contributed by atoms with Crippen molar-refractivity contribution in [2.24, 2.45) is 0 Å². The van der Waals surface area contributed by atoms with E-state index in [1.165, 1.54) is 18.2 Å². The number of alkyl halides is 3. The molecule has 2 aromatic rings. The summed E-state index contributed by atoms with van der Waals surface area (Å²) in [5.74, 6) is -0.221. The van der Waals surface area contributed by atoms with Gasteiger partial charge in [-0.05, 0) is 25.1 Å². The predicted octanol–water partition coefficient (Wildman–Crippen LogP) is 3.92. The molecule has 112 valence electrons. The fourth-order valence-electron chi connectivity index (χ4n) is 1.57. The number of aryl methyl sites for hydroxylation is 1. The van der Waals surface area contributed by atoms with Gasteiger partial charge in [-0.3, -0.25) is 0 Å². The molecule has 1 aromatic carbocycles. The molecular weight excluding hydrogens is 309 g/mol. The van der Waals surface area contributed by atoms with Crippen LogP contribution >= 0.6 is 11.6 Å². The first-order chi connectivity index (χ1) is 9.83. The molecule has 4 nitrogen and oxygen atoms in total. The Bertz CT molecular complexity index is 615. The molecule has 0 fully saturated rings. The van der Waals surface area contributed by atoms with E-state index in [2.05, 4.69) is 14.7 Å². The summed E-state index contributed by atoms with van der Waals surface area (Å²) in [6, 6.07) is 7.02. The molecule has 0 unspecified atom stereocenters. The van der Waals surface area contributed by atoms with Crippen LogP contribution in [-0.4, -0.2) is 16.3 Å². The van der Waals surface area contributed by atoms with Crippen molar-refractivity contribution in [1.82, 2.24) is 9.97 Å². The topological polar surface area (TPSA) is 44.2 Å². The Morgan fingerprint density at radius 1 is 1.14 bits per heavy atom. The van der Waals surface area contributed by atoms with Gasteiger partial charge in [-0.2, -0.15) is 0 Å². The molecular formula is C13H10ClF3N2O2. The van der Waals surface area contributed by atoms with E-state index < -0.39 is 12.1 Å². The Morgan fingerprint density at radius 3 is 2.43 bits per heavy atom. The number of nitrogens with zero attached hydrogens (tertiary/aromatic N) is 2. The lowest BCUT2D eigenvalue weighted by Gasteiger charge is -2.13. The van der Waals surface area contributed by atoms with E-state index >= 15 is 0 Å². The average Bonchev–Trinajstić information content (AvgIpc) is 2.35. The lowest BCUT2D eigenvalue weighted by atomic mass is 10.3. The minimum atomic E-state index is -4.79. The Kier molecular flexibility index (Phi) is 4.52. The van der Waals surface area contributed by atoms with E-state index in [4.69, 9.17) is 16.3 Å². The quantitative estimate of drug-likeness (QED) is 0.802. The molecule has 0 aliphatic carbocycles. The van der Waals surface area contributed by atoms with Gasteiger partial charge in [-0.1, -0.05) is 23.7 Å². The van der Waals surface area contributed by atoms with Crippen LogP contribution in [0.3, 0.4) is 0 Å². The van der Waals surface area contributed by atoms with Crippen LogP contribution in [0.25, 0.3) is 0 Å². The molecule has 0 N–H and O–H groups in total. The lowest BCUT2D eigenvalue weighted by Crippen LogP contribution is -2.17. The van der Waals surface area contributed by atoms with Gasteiger partial charge in [-0.15, -0.1) is 13.2 Å². The SMILES string of the molecule is Cc1cc(Cl)nc(COc2ccccc2OC(F)(F)F)n1. The van der Waals surface area contributed by atoms with Crippen molar-refractivity contribution in [3.05, 3.63) is 47.0 Å². The summed E-state index contributed by atoms with van der Waals surface area (Å²) < 4.78 is 46.0. The van der Waals surface area contributed by atoms with Crippen molar-refractivity contribution in [2.75, 3.05) is 0 Å². The van der Waals surface area contributed by atoms with E-state index in [0.29, 0.717) is 5.69 Å². The van der Waals surface area contributed by atoms with Crippen molar-refractivity contribution >= 4 is 11.6 Å². The van der Waals surface area contributed by atoms with Gasteiger partial charge >= 0.3 is 6.36 Å². The zero-order valence-electron chi connectivity index (χ0n) is 10.8. The molecule has 0 bridgehead atoms. The summed E-state index contributed by atoms with van der Waals surface area (Å²) in [4.78, 5) is 7.99. The third-order valence-corrected chi connectivity index (χ3v) is 2.49. The molecule has 1 heterocycles. The third-order valence-electron chi connectivity index (χ3n) is 2.30. The second-order valence-electron chi connectivity index (χ2n) is 4.03. The Morgan fingerprint density at radius 2 is 1.81 bits per heavy atom. The fourth-order valence-corrected chi connectivity index (χ4v) is 1.83. The molecule has 0 amide bonds. The van der Waals surface area contributed by atoms with Gasteiger partial charge in [0.15, 0.2) is 17.3 Å². The van der Waals surface area contributed by atoms with E-state index in [0.717, 1.165) is 6.07 Å². The number of aromatic nitrogens is 2. The zero-order valence-corrected chi connectivity index (χ0v) is 11.6. The molecule has 2 rings (SSSR count). The van der Waals surface area contributed by atoms with Crippen molar-refractivity contribution < 1.29 is 22.6 Å². The fraction of sp³-hybridized carbons (Fsp3) is 0.231. The van der Waals surface area contributed by atoms with Crippen LogP contribution in [0.2, 0.25) is 5.15 Å². The van der Waals surface area contributed by atoms with Crippen molar-refractivity contribution in [3.8, 4) is 11.5 Å². The van der Waals surface area contributed by atoms with Gasteiger partial charge < -0.3 is 9.47 Å². The van der Waals surface area contributed by atoms with Crippen LogP contribution in [0, 0.1) is 6.92 Å². The average molecular weight is 319 g/mol. The van der Waals surface area contributed by atoms with E-state index in [9.17, 15) is 13.2 Å². The normalized spacial score (nSPS) is 11.3. The van der Waals surface area contributed by atoms with Crippen molar-refractivity contribution in [2.45, 2.75) is 19.9 Å². The smallest absolute Gasteiger partial charge is 0.482 e. The highest BCUT2D eigenvalue weighted by Gasteiger charge is 2.32. The number of ether oxygens (including phenoxy) is 2. The Balaban J connectivity index is 2.13. The second kappa shape index (κ2) is 6.17. The highest BCUT2D eigenvalue weighted by molar-refractivity contribution is 6.29. The van der Waals surface area contributed by atoms with Gasteiger partial charge in [0.1, 0.15) is 11.8 Å². The molecule has 0 aliphatic rings. The summed E-state index contributed by atoms with van der Waals surface area (Å²) in [5, 5.41) is 0.237. The molecule has 1 aromatic heterocycles. The molecule has 0 radical (unpaired) electrons. The number of hydrogen-bond donors (Lipinski definition) is 0. The third kappa shape index (κ3) is 4.78. The van der Waals surface area contributed by atoms with E-state index in [-0.39, 0.29) is 23.3 Å². The number of benzene rings is 1. The largest absolute Gasteiger partial charge is 0.573 e. The zero-order chi connectivity index (χ0) is 15.5. The maximum absolute atomic E-state index is 12.3. The van der Waals surface area contributed by atoms with E-state index in [1.54, 1.807) is 13.0 Å². The molecule has 0 spiro atoms. The molecule has 0 atom stereocenters. The number of halogens is 4. The number of hydrogen-bond acceptors (Lipinski definition) is 4. The van der Waals surface area contributed by atoms with E-state index in [1.807, 2.05) is 0 Å². The van der Waals surface area contributed by atoms with Crippen LogP contribution in [0.4, 0.5) is 13.2 Å². The summed E-state index contributed by atoms with van der Waals surface area (Å²) in [5.41, 5.74) is 0.633. The maximum Gasteiger partial charge on any atom is 0.573 e. The molecule has 8 heteroatoms. The van der Waals surface area contributed by atoms with Crippen molar-refractivity contribution in [1.29, 1.82) is 0 Å². The van der Waals surface area contributed by atoms with Gasteiger partial charge in [0.05, 0.1) is 0 Å². The molecule has 0 saturated carbocycles. The van der Waals surface area contributed by atoms with Gasteiger partial charge in [0.2, 0.25) is 0 Å². The maximum atomic E-state index is 12.3. The van der Waals surface area contributed by atoms with Crippen LogP contribution in [0.1, 0.15) is 11.5 Å². The summed E-state index contributed by atoms with van der Waals surface area (Å²) >= 11 is 5.77. The lowest BCUT2D eigenvalue weighted by molar-refractivity contribution is -0.275. The van der Waals surface area contributed by atoms with Gasteiger partial charge in [-0.25, -0.2) is 9.97 Å². The monoisotopic (exact) mass is 318 g/mol. The first-order valence-electron chi connectivity index (χ1n) is 5.81. The molecule has 0 aliphatic heterocycles. The predicted molar refractivity (Wildman–Crippen MR) is 69.2 cm³/mol. The van der Waals surface area contributed by atoms with Gasteiger partial charge in [0, 0.05) is 5.69 Å². The number of rotatable bonds is 4. The summed E-state index contributed by atoms with van der Waals surface area (Å²) in [6.45, 7) is 1.59.